The molecular formula is C14H18O2. The van der Waals surface area contributed by atoms with Gasteiger partial charge in [-0.15, -0.1) is 0 Å². The van der Waals surface area contributed by atoms with Gasteiger partial charge in [0.05, 0.1) is 0 Å². The molecule has 0 spiro atoms. The number of hydrogen-bond acceptors (Lipinski definition) is 2. The van der Waals surface area contributed by atoms with Gasteiger partial charge >= 0.3 is 5.97 Å². The van der Waals surface area contributed by atoms with Gasteiger partial charge in [0.15, 0.2) is 0 Å². The third-order valence-electron chi connectivity index (χ3n) is 3.37. The molecule has 0 fully saturated rings. The molecule has 0 saturated heterocycles. The molecule has 1 aliphatic rings. The number of fused-ring (bicyclic) bond motifs is 1. The molecule has 1 aromatic carbocycles. The molecule has 1 atom stereocenters. The zero-order valence-electron chi connectivity index (χ0n) is 10.1. The maximum atomic E-state index is 11.2. The van der Waals surface area contributed by atoms with Gasteiger partial charge in [-0.2, -0.15) is 0 Å². The van der Waals surface area contributed by atoms with Crippen LogP contribution in [0, 0.1) is 5.41 Å². The van der Waals surface area contributed by atoms with E-state index in [1.54, 1.807) is 0 Å². The van der Waals surface area contributed by atoms with E-state index in [-0.39, 0.29) is 17.5 Å². The van der Waals surface area contributed by atoms with Crippen molar-refractivity contribution in [3.8, 4) is 0 Å². The van der Waals surface area contributed by atoms with Crippen LogP contribution in [-0.4, -0.2) is 5.97 Å². The molecule has 16 heavy (non-hydrogen) atoms. The molecule has 0 aliphatic heterocycles. The van der Waals surface area contributed by atoms with Crippen molar-refractivity contribution in [3.63, 3.8) is 0 Å². The lowest BCUT2D eigenvalue weighted by molar-refractivity contribution is -0.154. The predicted molar refractivity (Wildman–Crippen MR) is 63.1 cm³/mol. The summed E-state index contributed by atoms with van der Waals surface area (Å²) in [6, 6.07) is 8.25. The maximum absolute atomic E-state index is 11.2. The molecule has 1 aromatic rings. The van der Waals surface area contributed by atoms with E-state index in [0.29, 0.717) is 0 Å². The Morgan fingerprint density at radius 2 is 2.06 bits per heavy atom. The zero-order valence-corrected chi connectivity index (χ0v) is 10.1. The Bertz CT molecular complexity index is 407. The highest BCUT2D eigenvalue weighted by atomic mass is 16.5. The van der Waals surface area contributed by atoms with Crippen LogP contribution in [0.25, 0.3) is 0 Å². The Kier molecular flexibility index (Phi) is 2.75. The normalized spacial score (nSPS) is 22.3. The van der Waals surface area contributed by atoms with E-state index in [1.165, 1.54) is 18.1 Å². The minimum absolute atomic E-state index is 0.0278. The Morgan fingerprint density at radius 3 is 2.75 bits per heavy atom. The van der Waals surface area contributed by atoms with Crippen molar-refractivity contribution in [3.05, 3.63) is 35.4 Å². The molecule has 2 rings (SSSR count). The third kappa shape index (κ3) is 1.97. The molecule has 1 unspecified atom stereocenters. The number of carbonyl (C=O) groups excluding carboxylic acids is 1. The summed E-state index contributed by atoms with van der Waals surface area (Å²) >= 11 is 0. The summed E-state index contributed by atoms with van der Waals surface area (Å²) in [5, 5.41) is 0. The van der Waals surface area contributed by atoms with Crippen LogP contribution in [0.15, 0.2) is 24.3 Å². The van der Waals surface area contributed by atoms with Crippen molar-refractivity contribution in [1.29, 1.82) is 0 Å². The van der Waals surface area contributed by atoms with Crippen LogP contribution in [-0.2, 0) is 16.0 Å². The molecule has 0 heterocycles. The van der Waals surface area contributed by atoms with Crippen molar-refractivity contribution in [1.82, 2.24) is 0 Å². The second-order valence-corrected chi connectivity index (χ2v) is 5.18. The average Bonchev–Trinajstić information content (AvgIpc) is 2.22. The average molecular weight is 218 g/mol. The second kappa shape index (κ2) is 3.93. The standard InChI is InChI=1S/C14H18O2/c1-10(15)16-13-12-7-5-4-6-11(12)8-9-14(13,2)3/h4-7,13H,8-9H2,1-3H3. The highest BCUT2D eigenvalue weighted by Crippen LogP contribution is 2.45. The van der Waals surface area contributed by atoms with Crippen LogP contribution in [0.4, 0.5) is 0 Å². The van der Waals surface area contributed by atoms with Crippen molar-refractivity contribution in [2.24, 2.45) is 5.41 Å². The summed E-state index contributed by atoms with van der Waals surface area (Å²) in [6.07, 6.45) is 2.03. The summed E-state index contributed by atoms with van der Waals surface area (Å²) in [5.41, 5.74) is 2.52. The predicted octanol–water partition coefficient (Wildman–Crippen LogP) is 3.26. The van der Waals surface area contributed by atoms with E-state index < -0.39 is 0 Å². The van der Waals surface area contributed by atoms with Gasteiger partial charge in [0.2, 0.25) is 0 Å². The van der Waals surface area contributed by atoms with E-state index in [1.807, 2.05) is 12.1 Å². The first-order valence-electron chi connectivity index (χ1n) is 5.76. The van der Waals surface area contributed by atoms with Crippen LogP contribution in [0.5, 0.6) is 0 Å². The first-order chi connectivity index (χ1) is 7.50. The Balaban J connectivity index is 2.41. The van der Waals surface area contributed by atoms with Gasteiger partial charge in [-0.25, -0.2) is 0 Å². The first-order valence-corrected chi connectivity index (χ1v) is 5.76. The maximum Gasteiger partial charge on any atom is 0.303 e. The lowest BCUT2D eigenvalue weighted by Gasteiger charge is -2.39. The van der Waals surface area contributed by atoms with Crippen molar-refractivity contribution < 1.29 is 9.53 Å². The molecule has 86 valence electrons. The number of hydrogen-bond donors (Lipinski definition) is 0. The van der Waals surface area contributed by atoms with Crippen LogP contribution < -0.4 is 0 Å². The molecule has 2 heteroatoms. The second-order valence-electron chi connectivity index (χ2n) is 5.18. The van der Waals surface area contributed by atoms with Gasteiger partial charge in [-0.05, 0) is 24.0 Å². The summed E-state index contributed by atoms with van der Waals surface area (Å²) in [7, 11) is 0. The zero-order chi connectivity index (χ0) is 11.8. The highest BCUT2D eigenvalue weighted by Gasteiger charge is 2.37. The molecule has 0 bridgehead atoms. The van der Waals surface area contributed by atoms with Gasteiger partial charge in [0.25, 0.3) is 0 Å². The van der Waals surface area contributed by atoms with E-state index in [0.717, 1.165) is 12.8 Å². The smallest absolute Gasteiger partial charge is 0.303 e. The number of aryl methyl sites for hydroxylation is 1. The Morgan fingerprint density at radius 1 is 1.38 bits per heavy atom. The minimum Gasteiger partial charge on any atom is -0.457 e. The van der Waals surface area contributed by atoms with Crippen LogP contribution in [0.1, 0.15) is 44.4 Å². The van der Waals surface area contributed by atoms with Crippen molar-refractivity contribution in [2.75, 3.05) is 0 Å². The monoisotopic (exact) mass is 218 g/mol. The largest absolute Gasteiger partial charge is 0.457 e. The summed E-state index contributed by atoms with van der Waals surface area (Å²) in [5.74, 6) is -0.199. The molecular weight excluding hydrogens is 200 g/mol. The molecule has 0 N–H and O–H groups in total. The van der Waals surface area contributed by atoms with Gasteiger partial charge in [-0.1, -0.05) is 38.1 Å². The molecule has 0 radical (unpaired) electrons. The fourth-order valence-corrected chi connectivity index (χ4v) is 2.42. The quantitative estimate of drug-likeness (QED) is 0.676. The van der Waals surface area contributed by atoms with Crippen molar-refractivity contribution in [2.45, 2.75) is 39.7 Å². The van der Waals surface area contributed by atoms with E-state index in [2.05, 4.69) is 26.0 Å². The van der Waals surface area contributed by atoms with Gasteiger partial charge in [-0.3, -0.25) is 4.79 Å². The topological polar surface area (TPSA) is 26.3 Å². The van der Waals surface area contributed by atoms with Gasteiger partial charge in [0, 0.05) is 12.3 Å². The Labute approximate surface area is 96.6 Å². The third-order valence-corrected chi connectivity index (χ3v) is 3.37. The van der Waals surface area contributed by atoms with Gasteiger partial charge < -0.3 is 4.74 Å². The van der Waals surface area contributed by atoms with Crippen LogP contribution >= 0.6 is 0 Å². The number of rotatable bonds is 1. The number of ether oxygens (including phenoxy) is 1. The van der Waals surface area contributed by atoms with Gasteiger partial charge in [0.1, 0.15) is 6.10 Å². The summed E-state index contributed by atoms with van der Waals surface area (Å²) in [6.45, 7) is 5.81. The molecule has 0 aromatic heterocycles. The molecule has 2 nitrogen and oxygen atoms in total. The summed E-state index contributed by atoms with van der Waals surface area (Å²) < 4.78 is 5.49. The van der Waals surface area contributed by atoms with E-state index in [4.69, 9.17) is 4.74 Å². The van der Waals surface area contributed by atoms with E-state index >= 15 is 0 Å². The number of benzene rings is 1. The highest BCUT2D eigenvalue weighted by molar-refractivity contribution is 5.66. The molecule has 0 amide bonds. The first kappa shape index (κ1) is 11.2. The van der Waals surface area contributed by atoms with Crippen LogP contribution in [0.3, 0.4) is 0 Å². The lowest BCUT2D eigenvalue weighted by atomic mass is 9.72. The number of carbonyl (C=O) groups is 1. The SMILES string of the molecule is CC(=O)OC1c2ccccc2CCC1(C)C. The molecule has 1 aliphatic carbocycles. The Hall–Kier alpha value is -1.31. The van der Waals surface area contributed by atoms with Crippen molar-refractivity contribution >= 4 is 5.97 Å². The fourth-order valence-electron chi connectivity index (χ4n) is 2.42. The fraction of sp³-hybridized carbons (Fsp3) is 0.500. The molecule has 0 saturated carbocycles. The van der Waals surface area contributed by atoms with Crippen LogP contribution in [0.2, 0.25) is 0 Å². The van der Waals surface area contributed by atoms with E-state index in [9.17, 15) is 4.79 Å². The lowest BCUT2D eigenvalue weighted by Crippen LogP contribution is -2.31. The minimum atomic E-state index is -0.199. The number of esters is 1. The summed E-state index contributed by atoms with van der Waals surface area (Å²) in [4.78, 5) is 11.2.